The van der Waals surface area contributed by atoms with Gasteiger partial charge in [-0.3, -0.25) is 4.79 Å². The number of aromatic carboxylic acids is 1. The maximum atomic E-state index is 14.7. The number of likely N-dealkylation sites (tertiary alicyclic amines) is 1. The Bertz CT molecular complexity index is 1330. The molecule has 3 aromatic carbocycles. The maximum absolute atomic E-state index is 14.7. The molecule has 0 aromatic heterocycles. The first-order valence-corrected chi connectivity index (χ1v) is 12.0. The number of carboxylic acid groups (broad SMARTS) is 1. The lowest BCUT2D eigenvalue weighted by Crippen LogP contribution is -2.40. The highest BCUT2D eigenvalue weighted by atomic mass is 19.1. The molecule has 198 valence electrons. The van der Waals surface area contributed by atoms with Crippen molar-refractivity contribution >= 4 is 29.3 Å². The van der Waals surface area contributed by atoms with E-state index in [2.05, 4.69) is 10.6 Å². The fourth-order valence-electron chi connectivity index (χ4n) is 4.24. The number of urea groups is 1. The highest BCUT2D eigenvalue weighted by Gasteiger charge is 2.35. The first kappa shape index (κ1) is 26.6. The van der Waals surface area contributed by atoms with Crippen molar-refractivity contribution in [2.24, 2.45) is 0 Å². The van der Waals surface area contributed by atoms with E-state index in [9.17, 15) is 23.2 Å². The Kier molecular flexibility index (Phi) is 8.20. The number of alkyl halides is 1. The van der Waals surface area contributed by atoms with E-state index in [0.717, 1.165) is 5.56 Å². The van der Waals surface area contributed by atoms with Crippen LogP contribution in [0.4, 0.5) is 25.0 Å². The number of rotatable bonds is 8. The van der Waals surface area contributed by atoms with Crippen molar-refractivity contribution in [1.82, 2.24) is 4.90 Å². The fourth-order valence-corrected chi connectivity index (χ4v) is 4.24. The summed E-state index contributed by atoms with van der Waals surface area (Å²) in [6, 6.07) is 15.9. The second kappa shape index (κ2) is 11.7. The summed E-state index contributed by atoms with van der Waals surface area (Å²) in [4.78, 5) is 37.6. The molecule has 3 amide bonds. The number of amides is 3. The van der Waals surface area contributed by atoms with Crippen LogP contribution in [0.15, 0.2) is 66.7 Å². The number of nitrogens with one attached hydrogen (secondary N) is 2. The van der Waals surface area contributed by atoms with E-state index in [4.69, 9.17) is 9.84 Å². The normalized spacial score (nSPS) is 16.7. The predicted molar refractivity (Wildman–Crippen MR) is 138 cm³/mol. The minimum Gasteiger partial charge on any atom is -0.491 e. The summed E-state index contributed by atoms with van der Waals surface area (Å²) in [6.07, 6.45) is -1.26. The first-order valence-electron chi connectivity index (χ1n) is 12.0. The Labute approximate surface area is 218 Å². The van der Waals surface area contributed by atoms with Gasteiger partial charge in [0.05, 0.1) is 30.3 Å². The van der Waals surface area contributed by atoms with Gasteiger partial charge >= 0.3 is 12.0 Å². The number of hydrogen-bond acceptors (Lipinski definition) is 4. The van der Waals surface area contributed by atoms with Crippen molar-refractivity contribution in [3.63, 3.8) is 0 Å². The number of anilines is 2. The molecule has 1 heterocycles. The Morgan fingerprint density at radius 1 is 1.03 bits per heavy atom. The lowest BCUT2D eigenvalue weighted by molar-refractivity contribution is -0.132. The van der Waals surface area contributed by atoms with Crippen LogP contribution in [0.3, 0.4) is 0 Å². The SMILES string of the molecule is Cc1ccccc1NC(=O)Nc1ccc(CC(=O)N2C[C@@H](F)C[C@H]2COc2ccc(C(=O)O)cc2)cc1F. The monoisotopic (exact) mass is 523 g/mol. The van der Waals surface area contributed by atoms with Crippen molar-refractivity contribution in [3.05, 3.63) is 89.2 Å². The minimum absolute atomic E-state index is 0.0335. The second-order valence-corrected chi connectivity index (χ2v) is 9.06. The van der Waals surface area contributed by atoms with Crippen LogP contribution < -0.4 is 15.4 Å². The van der Waals surface area contributed by atoms with Gasteiger partial charge in [0.2, 0.25) is 5.91 Å². The van der Waals surface area contributed by atoms with Gasteiger partial charge in [-0.25, -0.2) is 18.4 Å². The Balaban J connectivity index is 1.34. The molecule has 10 heteroatoms. The lowest BCUT2D eigenvalue weighted by atomic mass is 10.1. The third-order valence-electron chi connectivity index (χ3n) is 6.26. The molecule has 0 spiro atoms. The number of carbonyl (C=O) groups excluding carboxylic acids is 2. The van der Waals surface area contributed by atoms with Gasteiger partial charge in [0.15, 0.2) is 0 Å². The number of nitrogens with zero attached hydrogens (tertiary/aromatic N) is 1. The third-order valence-corrected chi connectivity index (χ3v) is 6.26. The molecule has 1 aliphatic rings. The summed E-state index contributed by atoms with van der Waals surface area (Å²) in [7, 11) is 0. The van der Waals surface area contributed by atoms with E-state index in [1.807, 2.05) is 19.1 Å². The van der Waals surface area contributed by atoms with E-state index in [1.165, 1.54) is 47.4 Å². The molecule has 8 nitrogen and oxygen atoms in total. The molecule has 2 atom stereocenters. The molecule has 1 fully saturated rings. The van der Waals surface area contributed by atoms with E-state index in [1.54, 1.807) is 12.1 Å². The predicted octanol–water partition coefficient (Wildman–Crippen LogP) is 5.04. The topological polar surface area (TPSA) is 108 Å². The number of para-hydroxylation sites is 1. The van der Waals surface area contributed by atoms with Crippen LogP contribution in [-0.4, -0.2) is 53.3 Å². The summed E-state index contributed by atoms with van der Waals surface area (Å²) in [5.41, 5.74) is 1.90. The molecule has 3 N–H and O–H groups in total. The van der Waals surface area contributed by atoms with Crippen LogP contribution >= 0.6 is 0 Å². The average Bonchev–Trinajstić information content (AvgIpc) is 3.26. The zero-order chi connectivity index (χ0) is 27.2. The van der Waals surface area contributed by atoms with Gasteiger partial charge in [0, 0.05) is 12.1 Å². The number of aryl methyl sites for hydroxylation is 1. The van der Waals surface area contributed by atoms with E-state index in [-0.39, 0.29) is 43.2 Å². The van der Waals surface area contributed by atoms with Gasteiger partial charge in [-0.2, -0.15) is 0 Å². The zero-order valence-corrected chi connectivity index (χ0v) is 20.6. The molecule has 4 rings (SSSR count). The zero-order valence-electron chi connectivity index (χ0n) is 20.6. The fraction of sp³-hybridized carbons (Fsp3) is 0.250. The van der Waals surface area contributed by atoms with Gasteiger partial charge in [-0.15, -0.1) is 0 Å². The first-order chi connectivity index (χ1) is 18.2. The summed E-state index contributed by atoms with van der Waals surface area (Å²) < 4.78 is 34.6. The number of carbonyl (C=O) groups is 3. The second-order valence-electron chi connectivity index (χ2n) is 9.06. The van der Waals surface area contributed by atoms with Crippen LogP contribution in [-0.2, 0) is 11.2 Å². The van der Waals surface area contributed by atoms with Crippen molar-refractivity contribution in [2.75, 3.05) is 23.8 Å². The van der Waals surface area contributed by atoms with Gasteiger partial charge < -0.3 is 25.4 Å². The van der Waals surface area contributed by atoms with Crippen molar-refractivity contribution in [3.8, 4) is 5.75 Å². The molecular formula is C28H27F2N3O5. The van der Waals surface area contributed by atoms with Gasteiger partial charge in [0.1, 0.15) is 24.3 Å². The summed E-state index contributed by atoms with van der Waals surface area (Å²) in [5.74, 6) is -1.74. The van der Waals surface area contributed by atoms with Crippen LogP contribution in [0.25, 0.3) is 0 Å². The third kappa shape index (κ3) is 6.64. The minimum atomic E-state index is -1.21. The molecule has 1 saturated heterocycles. The van der Waals surface area contributed by atoms with Crippen molar-refractivity contribution in [2.45, 2.75) is 32.0 Å². The van der Waals surface area contributed by atoms with Crippen LogP contribution in [0.5, 0.6) is 5.75 Å². The highest BCUT2D eigenvalue weighted by Crippen LogP contribution is 2.24. The highest BCUT2D eigenvalue weighted by molar-refractivity contribution is 6.00. The Morgan fingerprint density at radius 3 is 2.42 bits per heavy atom. The van der Waals surface area contributed by atoms with Crippen LogP contribution in [0.2, 0.25) is 0 Å². The maximum Gasteiger partial charge on any atom is 0.335 e. The van der Waals surface area contributed by atoms with Gasteiger partial charge in [0.25, 0.3) is 0 Å². The Hall–Kier alpha value is -4.47. The molecule has 3 aromatic rings. The van der Waals surface area contributed by atoms with Crippen LogP contribution in [0.1, 0.15) is 27.9 Å². The Morgan fingerprint density at radius 2 is 1.74 bits per heavy atom. The summed E-state index contributed by atoms with van der Waals surface area (Å²) in [6.45, 7) is 1.78. The van der Waals surface area contributed by atoms with Gasteiger partial charge in [-0.1, -0.05) is 24.3 Å². The standard InChI is InChI=1S/C28H27F2N3O5/c1-17-4-2-3-5-24(17)31-28(37)32-25-11-6-18(12-23(25)30)13-26(34)33-15-20(29)14-21(33)16-38-22-9-7-19(8-10-22)27(35)36/h2-12,20-21H,13-16H2,1H3,(H,35,36)(H2,31,32,37)/t20-,21-/m0/s1. The number of ether oxygens (including phenoxy) is 1. The lowest BCUT2D eigenvalue weighted by Gasteiger charge is -2.24. The van der Waals surface area contributed by atoms with E-state index >= 15 is 0 Å². The molecular weight excluding hydrogens is 496 g/mol. The molecule has 1 aliphatic heterocycles. The average molecular weight is 524 g/mol. The number of benzene rings is 3. The van der Waals surface area contributed by atoms with Crippen molar-refractivity contribution < 1.29 is 33.0 Å². The smallest absolute Gasteiger partial charge is 0.335 e. The van der Waals surface area contributed by atoms with Crippen molar-refractivity contribution in [1.29, 1.82) is 0 Å². The molecule has 38 heavy (non-hydrogen) atoms. The number of hydrogen-bond donors (Lipinski definition) is 3. The molecule has 0 radical (unpaired) electrons. The van der Waals surface area contributed by atoms with Crippen LogP contribution in [0, 0.1) is 12.7 Å². The quantitative estimate of drug-likeness (QED) is 0.384. The van der Waals surface area contributed by atoms with E-state index < -0.39 is 30.0 Å². The molecule has 0 saturated carbocycles. The molecule has 0 aliphatic carbocycles. The summed E-state index contributed by atoms with van der Waals surface area (Å²) in [5, 5.41) is 14.1. The summed E-state index contributed by atoms with van der Waals surface area (Å²) >= 11 is 0. The number of halogens is 2. The van der Waals surface area contributed by atoms with E-state index in [0.29, 0.717) is 17.0 Å². The molecule has 0 unspecified atom stereocenters. The molecule has 0 bridgehead atoms. The number of carboxylic acids is 1. The largest absolute Gasteiger partial charge is 0.491 e. The van der Waals surface area contributed by atoms with Gasteiger partial charge in [-0.05, 0) is 60.5 Å².